The molecule has 2 aromatic carbocycles. The molecule has 0 spiro atoms. The highest BCUT2D eigenvalue weighted by molar-refractivity contribution is 6.03. The van der Waals surface area contributed by atoms with Crippen LogP contribution in [0.1, 0.15) is 74.8 Å². The number of oxime groups is 1. The Morgan fingerprint density at radius 2 is 1.76 bits per heavy atom. The van der Waals surface area contributed by atoms with Crippen molar-refractivity contribution in [3.63, 3.8) is 0 Å². The Hall–Kier alpha value is -3.92. The lowest BCUT2D eigenvalue weighted by Gasteiger charge is -2.59. The van der Waals surface area contributed by atoms with Gasteiger partial charge >= 0.3 is 0 Å². The number of amides is 1. The van der Waals surface area contributed by atoms with Crippen LogP contribution in [0, 0.1) is 23.7 Å². The van der Waals surface area contributed by atoms with E-state index in [9.17, 15) is 15.0 Å². The third-order valence-electron chi connectivity index (χ3n) is 11.0. The van der Waals surface area contributed by atoms with Crippen molar-refractivity contribution < 1.29 is 34.1 Å². The molecular formula is C42H54N2O7. The molecule has 0 saturated heterocycles. The summed E-state index contributed by atoms with van der Waals surface area (Å²) in [6, 6.07) is 15.5. The Morgan fingerprint density at radius 1 is 1.02 bits per heavy atom. The summed E-state index contributed by atoms with van der Waals surface area (Å²) in [5.41, 5.74) is 3.87. The summed E-state index contributed by atoms with van der Waals surface area (Å²) in [4.78, 5) is 21.9. The minimum absolute atomic E-state index is 0.00263. The standard InChI is InChI=1S/C42H54N2O7/c1-4-23-48-32-19-20-37-35(26-32)39-33(16-10-12-22-46)31(15-9-11-21-45)25-34-36(43-50-28-29-13-7-6-8-14-29)27-38(44(3)41(47)30-17-18-30)42(51-37,40(34)39)49-24-5-2/h4-8,13-14,19-20,25-26,30-31,33,38-40,45-46H,1-2,9-12,15-18,21-24,27-28H2,3H3/t31-,33+,38-,39+,40+,42+/m0/s1. The van der Waals surface area contributed by atoms with E-state index in [-0.39, 0.29) is 55.3 Å². The summed E-state index contributed by atoms with van der Waals surface area (Å²) in [6.45, 7) is 9.04. The maximum atomic E-state index is 13.9. The molecule has 1 heterocycles. The summed E-state index contributed by atoms with van der Waals surface area (Å²) < 4.78 is 20.2. The van der Waals surface area contributed by atoms with Gasteiger partial charge in [0.2, 0.25) is 11.7 Å². The van der Waals surface area contributed by atoms with Crippen LogP contribution in [0.4, 0.5) is 0 Å². The van der Waals surface area contributed by atoms with Gasteiger partial charge in [0.15, 0.2) is 0 Å². The minimum Gasteiger partial charge on any atom is -0.490 e. The molecule has 2 saturated carbocycles. The average Bonchev–Trinajstić information content (AvgIpc) is 4.00. The molecule has 0 unspecified atom stereocenters. The molecule has 0 bridgehead atoms. The Kier molecular flexibility index (Phi) is 12.3. The number of carbonyl (C=O) groups excluding carboxylic acids is 1. The highest BCUT2D eigenvalue weighted by Crippen LogP contribution is 2.62. The van der Waals surface area contributed by atoms with Crippen LogP contribution in [-0.4, -0.2) is 72.0 Å². The number of ether oxygens (including phenoxy) is 3. The van der Waals surface area contributed by atoms with E-state index in [4.69, 9.17) is 24.2 Å². The van der Waals surface area contributed by atoms with Gasteiger partial charge in [0, 0.05) is 44.1 Å². The normalized spacial score (nSPS) is 27.0. The molecule has 3 aliphatic carbocycles. The first-order chi connectivity index (χ1) is 24.9. The lowest BCUT2D eigenvalue weighted by Crippen LogP contribution is -2.69. The van der Waals surface area contributed by atoms with E-state index in [1.807, 2.05) is 54.4 Å². The molecular weight excluding hydrogens is 644 g/mol. The molecule has 0 radical (unpaired) electrons. The first kappa shape index (κ1) is 36.9. The summed E-state index contributed by atoms with van der Waals surface area (Å²) >= 11 is 0. The Balaban J connectivity index is 1.54. The predicted molar refractivity (Wildman–Crippen MR) is 197 cm³/mol. The first-order valence-electron chi connectivity index (χ1n) is 18.7. The summed E-state index contributed by atoms with van der Waals surface area (Å²) in [5.74, 6) is 0.202. The molecule has 1 aliphatic heterocycles. The van der Waals surface area contributed by atoms with E-state index in [0.29, 0.717) is 31.8 Å². The minimum atomic E-state index is -1.23. The number of aliphatic hydroxyl groups excluding tert-OH is 2. The van der Waals surface area contributed by atoms with Crippen LogP contribution >= 0.6 is 0 Å². The molecule has 4 aliphatic rings. The number of rotatable bonds is 19. The fourth-order valence-electron chi connectivity index (χ4n) is 8.50. The van der Waals surface area contributed by atoms with Crippen LogP contribution in [0.5, 0.6) is 11.5 Å². The zero-order chi connectivity index (χ0) is 35.8. The zero-order valence-electron chi connectivity index (χ0n) is 30.0. The van der Waals surface area contributed by atoms with Gasteiger partial charge in [-0.1, -0.05) is 73.1 Å². The fraction of sp³-hybridized carbons (Fsp3) is 0.524. The summed E-state index contributed by atoms with van der Waals surface area (Å²) in [6.07, 6.45) is 12.9. The van der Waals surface area contributed by atoms with Gasteiger partial charge < -0.3 is 34.2 Å². The Bertz CT molecular complexity index is 1570. The van der Waals surface area contributed by atoms with Gasteiger partial charge in [-0.25, -0.2) is 0 Å². The number of unbranched alkanes of at least 4 members (excludes halogenated alkanes) is 2. The van der Waals surface area contributed by atoms with Crippen molar-refractivity contribution in [2.45, 2.75) is 82.1 Å². The second-order valence-corrected chi connectivity index (χ2v) is 14.4. The van der Waals surface area contributed by atoms with Crippen molar-refractivity contribution in [3.8, 4) is 11.5 Å². The number of fused-ring (bicyclic) bond motifs is 2. The van der Waals surface area contributed by atoms with Crippen molar-refractivity contribution in [2.75, 3.05) is 33.5 Å². The van der Waals surface area contributed by atoms with Crippen molar-refractivity contribution in [1.82, 2.24) is 4.90 Å². The molecule has 9 heteroatoms. The topological polar surface area (TPSA) is 110 Å². The Labute approximate surface area is 302 Å². The maximum Gasteiger partial charge on any atom is 0.239 e. The number of hydrogen-bond acceptors (Lipinski definition) is 8. The van der Waals surface area contributed by atoms with Crippen molar-refractivity contribution in [2.24, 2.45) is 28.8 Å². The number of aliphatic hydroxyl groups is 2. The lowest BCUT2D eigenvalue weighted by molar-refractivity contribution is -0.255. The number of allylic oxidation sites excluding steroid dienone is 1. The van der Waals surface area contributed by atoms with E-state index in [1.54, 1.807) is 12.2 Å². The van der Waals surface area contributed by atoms with Crippen LogP contribution in [0.2, 0.25) is 0 Å². The number of likely N-dealkylation sites (N-methyl/N-ethyl adjacent to an activating group) is 1. The van der Waals surface area contributed by atoms with Gasteiger partial charge in [0.1, 0.15) is 30.8 Å². The molecule has 6 atom stereocenters. The van der Waals surface area contributed by atoms with E-state index in [2.05, 4.69) is 25.3 Å². The second-order valence-electron chi connectivity index (χ2n) is 14.4. The van der Waals surface area contributed by atoms with Gasteiger partial charge in [-0.3, -0.25) is 4.79 Å². The SMILES string of the molecule is C=CCOc1ccc2c(c1)[C@H]1[C@H](CCCCO)[C@@H](CCCCO)C=C3C(=NOCc4ccccc4)C[C@H](N(C)C(=O)C4CC4)[C@@](OCC=C)(O2)[C@H]31. The number of carbonyl (C=O) groups is 1. The third-order valence-corrected chi connectivity index (χ3v) is 11.0. The third kappa shape index (κ3) is 7.96. The van der Waals surface area contributed by atoms with Crippen LogP contribution in [0.15, 0.2) is 90.6 Å². The molecule has 2 fully saturated rings. The zero-order valence-corrected chi connectivity index (χ0v) is 30.0. The van der Waals surface area contributed by atoms with Crippen molar-refractivity contribution >= 4 is 11.6 Å². The lowest BCUT2D eigenvalue weighted by atomic mass is 9.55. The highest BCUT2D eigenvalue weighted by atomic mass is 16.7. The molecule has 1 amide bonds. The molecule has 0 aromatic heterocycles. The van der Waals surface area contributed by atoms with E-state index < -0.39 is 11.8 Å². The second kappa shape index (κ2) is 17.1. The highest BCUT2D eigenvalue weighted by Gasteiger charge is 2.65. The molecule has 9 nitrogen and oxygen atoms in total. The van der Waals surface area contributed by atoms with E-state index >= 15 is 0 Å². The quantitative estimate of drug-likeness (QED) is 0.0928. The van der Waals surface area contributed by atoms with Crippen molar-refractivity contribution in [1.29, 1.82) is 0 Å². The van der Waals surface area contributed by atoms with Crippen molar-refractivity contribution in [3.05, 3.63) is 96.6 Å². The largest absolute Gasteiger partial charge is 0.490 e. The van der Waals surface area contributed by atoms with Crippen LogP contribution in [-0.2, 0) is 21.0 Å². The monoisotopic (exact) mass is 698 g/mol. The van der Waals surface area contributed by atoms with Gasteiger partial charge in [-0.15, -0.1) is 6.58 Å². The van der Waals surface area contributed by atoms with Gasteiger partial charge in [-0.05, 0) is 79.7 Å². The van der Waals surface area contributed by atoms with Gasteiger partial charge in [0.05, 0.1) is 18.2 Å². The van der Waals surface area contributed by atoms with Gasteiger partial charge in [0.25, 0.3) is 0 Å². The van der Waals surface area contributed by atoms with Crippen LogP contribution in [0.25, 0.3) is 0 Å². The van der Waals surface area contributed by atoms with Crippen LogP contribution < -0.4 is 9.47 Å². The van der Waals surface area contributed by atoms with E-state index in [0.717, 1.165) is 73.1 Å². The van der Waals surface area contributed by atoms with Crippen LogP contribution in [0.3, 0.4) is 0 Å². The number of nitrogens with zero attached hydrogens (tertiary/aromatic N) is 2. The molecule has 274 valence electrons. The molecule has 51 heavy (non-hydrogen) atoms. The van der Waals surface area contributed by atoms with Gasteiger partial charge in [-0.2, -0.15) is 0 Å². The smallest absolute Gasteiger partial charge is 0.239 e. The number of benzene rings is 2. The predicted octanol–water partition coefficient (Wildman–Crippen LogP) is 6.95. The first-order valence-corrected chi connectivity index (χ1v) is 18.7. The average molecular weight is 699 g/mol. The number of hydrogen-bond donors (Lipinski definition) is 2. The fourth-order valence-corrected chi connectivity index (χ4v) is 8.50. The summed E-state index contributed by atoms with van der Waals surface area (Å²) in [7, 11) is 1.88. The van der Waals surface area contributed by atoms with E-state index in [1.165, 1.54) is 0 Å². The molecule has 6 rings (SSSR count). The molecule has 2 aromatic rings. The summed E-state index contributed by atoms with van der Waals surface area (Å²) in [5, 5.41) is 24.4. The maximum absolute atomic E-state index is 13.9. The Morgan fingerprint density at radius 3 is 2.47 bits per heavy atom. The molecule has 2 N–H and O–H groups in total.